The number of alkyl carbamates (subject to hydrolysis) is 1. The largest absolute Gasteiger partial charge is 0.466 e. The molecule has 0 aromatic heterocycles. The third-order valence-corrected chi connectivity index (χ3v) is 6.59. The van der Waals surface area contributed by atoms with Crippen molar-refractivity contribution in [1.82, 2.24) is 20.8 Å². The van der Waals surface area contributed by atoms with Crippen LogP contribution in [0.5, 0.6) is 0 Å². The number of amides is 4. The summed E-state index contributed by atoms with van der Waals surface area (Å²) >= 11 is 0. The maximum atomic E-state index is 13.1. The Morgan fingerprint density at radius 2 is 1.79 bits per heavy atom. The number of carbonyl (C=O) groups is 4. The van der Waals surface area contributed by atoms with Gasteiger partial charge in [-0.3, -0.25) is 14.4 Å². The molecule has 1 heterocycles. The highest BCUT2D eigenvalue weighted by atomic mass is 32.3. The Balaban J connectivity index is 1.98. The van der Waals surface area contributed by atoms with Crippen molar-refractivity contribution in [3.63, 3.8) is 0 Å². The van der Waals surface area contributed by atoms with Crippen molar-refractivity contribution in [2.45, 2.75) is 78.5 Å². The summed E-state index contributed by atoms with van der Waals surface area (Å²) in [6, 6.07) is -1.77. The molecule has 4 amide bonds. The second-order valence-electron chi connectivity index (χ2n) is 10.4. The maximum absolute atomic E-state index is 13.1. The molecule has 16 heteroatoms. The van der Waals surface area contributed by atoms with Crippen LogP contribution in [-0.4, -0.2) is 92.5 Å². The summed E-state index contributed by atoms with van der Waals surface area (Å²) in [5.74, 6) is -1.34. The van der Waals surface area contributed by atoms with Crippen molar-refractivity contribution < 1.29 is 50.4 Å². The highest BCUT2D eigenvalue weighted by molar-refractivity contribution is 7.81. The molecule has 0 aromatic rings. The van der Waals surface area contributed by atoms with E-state index < -0.39 is 63.6 Å². The van der Waals surface area contributed by atoms with E-state index in [-0.39, 0.29) is 39.1 Å². The smallest absolute Gasteiger partial charge is 0.421 e. The molecule has 1 saturated carbocycles. The van der Waals surface area contributed by atoms with Gasteiger partial charge in [0.1, 0.15) is 11.1 Å². The number of carbonyl (C=O) groups excluding carboxylic acids is 4. The van der Waals surface area contributed by atoms with Crippen molar-refractivity contribution in [3.05, 3.63) is 0 Å². The summed E-state index contributed by atoms with van der Waals surface area (Å²) in [7, 11) is -4.78. The first-order valence-electron chi connectivity index (χ1n) is 12.3. The molecule has 0 bridgehead atoms. The number of urea groups is 1. The van der Waals surface area contributed by atoms with Crippen LogP contribution in [0, 0.1) is 5.41 Å². The number of nitrogens with zero attached hydrogens (tertiary/aromatic N) is 2. The number of fused-ring (bicyclic) bond motifs is 1. The molecule has 1 saturated heterocycles. The Morgan fingerprint density at radius 3 is 2.32 bits per heavy atom. The molecule has 2 atom stereocenters. The van der Waals surface area contributed by atoms with Gasteiger partial charge in [-0.2, -0.15) is 13.5 Å². The van der Waals surface area contributed by atoms with E-state index in [2.05, 4.69) is 10.8 Å². The van der Waals surface area contributed by atoms with Crippen LogP contribution in [0.1, 0.15) is 61.3 Å². The van der Waals surface area contributed by atoms with Gasteiger partial charge in [-0.1, -0.05) is 0 Å². The molecule has 218 valence electrons. The van der Waals surface area contributed by atoms with E-state index in [4.69, 9.17) is 22.8 Å². The van der Waals surface area contributed by atoms with Gasteiger partial charge < -0.3 is 19.7 Å². The number of rotatable bonds is 13. The second-order valence-corrected chi connectivity index (χ2v) is 11.6. The molecule has 2 fully saturated rings. The van der Waals surface area contributed by atoms with E-state index in [9.17, 15) is 27.6 Å². The van der Waals surface area contributed by atoms with E-state index in [1.54, 1.807) is 34.6 Å². The van der Waals surface area contributed by atoms with Crippen molar-refractivity contribution in [2.24, 2.45) is 5.41 Å². The molecule has 1 aliphatic heterocycles. The molecule has 2 aliphatic rings. The van der Waals surface area contributed by atoms with Crippen LogP contribution in [-0.2, 0) is 42.8 Å². The monoisotopic (exact) mass is 566 g/mol. The minimum Gasteiger partial charge on any atom is -0.466 e. The molecule has 38 heavy (non-hydrogen) atoms. The van der Waals surface area contributed by atoms with Gasteiger partial charge in [0.15, 0.2) is 0 Å². The van der Waals surface area contributed by atoms with Crippen molar-refractivity contribution in [2.75, 3.05) is 32.9 Å². The Kier molecular flexibility index (Phi) is 9.96. The summed E-state index contributed by atoms with van der Waals surface area (Å²) in [6.07, 6.45) is -0.135. The van der Waals surface area contributed by atoms with Crippen LogP contribution in [0.25, 0.3) is 0 Å². The van der Waals surface area contributed by atoms with E-state index in [0.29, 0.717) is 5.06 Å². The summed E-state index contributed by atoms with van der Waals surface area (Å²) in [4.78, 5) is 56.1. The lowest BCUT2D eigenvalue weighted by Gasteiger charge is -2.46. The van der Waals surface area contributed by atoms with Crippen LogP contribution in [0.4, 0.5) is 9.59 Å². The van der Waals surface area contributed by atoms with E-state index in [1.165, 1.54) is 18.7 Å². The third-order valence-electron chi connectivity index (χ3n) is 5.84. The highest BCUT2D eigenvalue weighted by Crippen LogP contribution is 2.48. The highest BCUT2D eigenvalue weighted by Gasteiger charge is 2.68. The Morgan fingerprint density at radius 1 is 1.13 bits per heavy atom. The third kappa shape index (κ3) is 7.24. The fourth-order valence-electron chi connectivity index (χ4n) is 3.93. The summed E-state index contributed by atoms with van der Waals surface area (Å²) in [6.45, 7) is 10.8. The Bertz CT molecular complexity index is 1010. The number of hydroxylamine groups is 3. The quantitative estimate of drug-likeness (QED) is 0.184. The van der Waals surface area contributed by atoms with Crippen molar-refractivity contribution >= 4 is 34.4 Å². The molecular weight excluding hydrogens is 528 g/mol. The molecule has 1 aliphatic carbocycles. The number of likely N-dealkylation sites (N-methyl/N-ethyl adjacent to an activating group) is 1. The van der Waals surface area contributed by atoms with Crippen LogP contribution in [0.3, 0.4) is 0 Å². The van der Waals surface area contributed by atoms with Gasteiger partial charge in [-0.05, 0) is 61.3 Å². The molecule has 0 spiro atoms. The Hall–Kier alpha value is -2.69. The topological polar surface area (TPSA) is 179 Å². The van der Waals surface area contributed by atoms with Crippen LogP contribution >= 0.6 is 0 Å². The molecule has 0 unspecified atom stereocenters. The SMILES string of the molecule is CCOC(=O)C(C)(C)COS(=O)(=O)ON1C(=O)N(CC)[C@@]2(C(=O)NOCCNC(=O)OC(C)(C)C)CC[C@@H]12. The Labute approximate surface area is 222 Å². The number of ether oxygens (including phenoxy) is 2. The minimum atomic E-state index is -4.78. The normalized spacial score (nSPS) is 21.4. The summed E-state index contributed by atoms with van der Waals surface area (Å²) in [5, 5.41) is 3.07. The molecule has 15 nitrogen and oxygen atoms in total. The molecule has 2 N–H and O–H groups in total. The van der Waals surface area contributed by atoms with Gasteiger partial charge in [0, 0.05) is 13.1 Å². The predicted octanol–water partition coefficient (Wildman–Crippen LogP) is 1.000. The fourth-order valence-corrected chi connectivity index (χ4v) is 4.78. The first-order valence-corrected chi connectivity index (χ1v) is 13.6. The predicted molar refractivity (Wildman–Crippen MR) is 130 cm³/mol. The lowest BCUT2D eigenvalue weighted by molar-refractivity contribution is -0.158. The van der Waals surface area contributed by atoms with Gasteiger partial charge in [-0.25, -0.2) is 19.3 Å². The minimum absolute atomic E-state index is 0.0367. The second kappa shape index (κ2) is 12.0. The molecule has 0 aromatic carbocycles. The lowest BCUT2D eigenvalue weighted by Crippen LogP contribution is -2.67. The lowest BCUT2D eigenvalue weighted by atomic mass is 9.71. The number of nitrogens with one attached hydrogen (secondary N) is 2. The van der Waals surface area contributed by atoms with Crippen molar-refractivity contribution in [3.8, 4) is 0 Å². The zero-order valence-corrected chi connectivity index (χ0v) is 23.6. The standard InChI is InChI=1S/C22H38N4O11S/c1-8-25-19(30)26(37-38(31,32)35-14-21(6,7)17(28)33-9-2)15-10-11-22(15,25)16(27)24-34-13-12-23-18(29)36-20(3,4)5/h15H,8-14H2,1-7H3,(H,23,29)(H,24,27)/t15-,22+/m1/s1. The summed E-state index contributed by atoms with van der Waals surface area (Å²) in [5.41, 5.74) is -1.13. The van der Waals surface area contributed by atoms with E-state index >= 15 is 0 Å². The van der Waals surface area contributed by atoms with Crippen molar-refractivity contribution in [1.29, 1.82) is 0 Å². The van der Waals surface area contributed by atoms with E-state index in [0.717, 1.165) is 0 Å². The molecule has 2 rings (SSSR count). The molecule has 0 radical (unpaired) electrons. The fraction of sp³-hybridized carbons (Fsp3) is 0.818. The van der Waals surface area contributed by atoms with Crippen LogP contribution in [0.2, 0.25) is 0 Å². The van der Waals surface area contributed by atoms with Gasteiger partial charge in [0.05, 0.1) is 31.3 Å². The number of hydrogen-bond acceptors (Lipinski definition) is 11. The van der Waals surface area contributed by atoms with Gasteiger partial charge >= 0.3 is 28.5 Å². The average molecular weight is 567 g/mol. The first-order chi connectivity index (χ1) is 17.5. The zero-order valence-electron chi connectivity index (χ0n) is 22.8. The number of hydrogen-bond donors (Lipinski definition) is 2. The zero-order chi connectivity index (χ0) is 28.9. The maximum Gasteiger partial charge on any atom is 0.421 e. The molecular formula is C22H38N4O11S. The summed E-state index contributed by atoms with van der Waals surface area (Å²) < 4.78 is 44.8. The number of esters is 1. The van der Waals surface area contributed by atoms with Crippen LogP contribution < -0.4 is 10.8 Å². The van der Waals surface area contributed by atoms with Gasteiger partial charge in [0.2, 0.25) is 0 Å². The van der Waals surface area contributed by atoms with Crippen LogP contribution in [0.15, 0.2) is 0 Å². The van der Waals surface area contributed by atoms with E-state index in [1.807, 2.05) is 0 Å². The van der Waals surface area contributed by atoms with Gasteiger partial charge in [-0.15, -0.1) is 4.28 Å². The first kappa shape index (κ1) is 31.5. The van der Waals surface area contributed by atoms with Gasteiger partial charge in [0.25, 0.3) is 5.91 Å². The average Bonchev–Trinajstić information content (AvgIpc) is 2.93.